The molecule has 346 valence electrons. The van der Waals surface area contributed by atoms with Gasteiger partial charge in [-0.2, -0.15) is 0 Å². The van der Waals surface area contributed by atoms with Gasteiger partial charge in [-0.15, -0.1) is 0 Å². The molecule has 0 radical (unpaired) electrons. The van der Waals surface area contributed by atoms with Crippen molar-refractivity contribution in [2.75, 3.05) is 6.61 Å². The Morgan fingerprint density at radius 1 is 0.815 bits per heavy atom. The van der Waals surface area contributed by atoms with Crippen molar-refractivity contribution in [2.24, 2.45) is 16.7 Å². The zero-order chi connectivity index (χ0) is 47.2. The zero-order valence-corrected chi connectivity index (χ0v) is 37.8. The molecule has 65 heavy (non-hydrogen) atoms. The number of esters is 4. The maximum absolute atomic E-state index is 15.7. The fraction of sp³-hybridized carbons (Fsp3) is 0.480. The van der Waals surface area contributed by atoms with Crippen molar-refractivity contribution < 1.29 is 67.4 Å². The van der Waals surface area contributed by atoms with Crippen LogP contribution in [0, 0.1) is 16.7 Å². The number of benzene rings is 3. The van der Waals surface area contributed by atoms with E-state index in [0.29, 0.717) is 5.56 Å². The van der Waals surface area contributed by atoms with E-state index in [1.54, 1.807) is 126 Å². The van der Waals surface area contributed by atoms with E-state index in [2.05, 4.69) is 5.32 Å². The second-order valence-corrected chi connectivity index (χ2v) is 18.5. The molecule has 0 spiro atoms. The number of aliphatic hydroxyl groups excluding tert-OH is 2. The first kappa shape index (κ1) is 47.2. The van der Waals surface area contributed by atoms with Crippen molar-refractivity contribution in [3.8, 4) is 0 Å². The van der Waals surface area contributed by atoms with Crippen molar-refractivity contribution >= 4 is 35.6 Å². The highest BCUT2D eigenvalue weighted by molar-refractivity contribution is 5.96. The van der Waals surface area contributed by atoms with Crippen molar-refractivity contribution in [3.63, 3.8) is 0 Å². The number of Topliss-reactive ketones (excluding diaryl/α,β-unsaturated/α-hetero) is 1. The summed E-state index contributed by atoms with van der Waals surface area (Å²) in [5, 5.41) is 27.0. The van der Waals surface area contributed by atoms with Crippen LogP contribution in [0.2, 0.25) is 0 Å². The number of carbonyl (C=O) groups is 6. The first-order valence-electron chi connectivity index (χ1n) is 21.8. The van der Waals surface area contributed by atoms with Gasteiger partial charge in [0, 0.05) is 37.7 Å². The minimum Gasteiger partial charge on any atom is -0.456 e. The lowest BCUT2D eigenvalue weighted by Gasteiger charge is -2.68. The van der Waals surface area contributed by atoms with Crippen LogP contribution in [-0.2, 0) is 47.6 Å². The smallest absolute Gasteiger partial charge is 0.338 e. The van der Waals surface area contributed by atoms with Gasteiger partial charge in [-0.3, -0.25) is 19.2 Å². The maximum Gasteiger partial charge on any atom is 0.338 e. The predicted molar refractivity (Wildman–Crippen MR) is 232 cm³/mol. The molecule has 1 saturated heterocycles. The molecule has 2 bridgehead atoms. The van der Waals surface area contributed by atoms with Gasteiger partial charge in [0.25, 0.3) is 5.91 Å². The largest absolute Gasteiger partial charge is 0.456 e. The van der Waals surface area contributed by atoms with Crippen LogP contribution >= 0.6 is 0 Å². The zero-order valence-electron chi connectivity index (χ0n) is 37.8. The molecule has 1 amide bonds. The van der Waals surface area contributed by atoms with Crippen LogP contribution in [0.1, 0.15) is 101 Å². The Balaban J connectivity index is 1.44. The van der Waals surface area contributed by atoms with Gasteiger partial charge in [-0.1, -0.05) is 80.6 Å². The molecular weight excluding hydrogens is 839 g/mol. The van der Waals surface area contributed by atoms with Gasteiger partial charge in [0.15, 0.2) is 23.6 Å². The highest BCUT2D eigenvalue weighted by Crippen LogP contribution is 2.65. The monoisotopic (exact) mass is 895 g/mol. The predicted octanol–water partition coefficient (Wildman–Crippen LogP) is 5.17. The number of fused-ring (bicyclic) bond motifs is 5. The van der Waals surface area contributed by atoms with Crippen LogP contribution in [0.15, 0.2) is 102 Å². The van der Waals surface area contributed by atoms with Gasteiger partial charge in [0.05, 0.1) is 41.8 Å². The maximum atomic E-state index is 15.7. The molecule has 15 heteroatoms. The minimum atomic E-state index is -2.00. The molecule has 1 heterocycles. The Morgan fingerprint density at radius 2 is 1.40 bits per heavy atom. The third-order valence-corrected chi connectivity index (χ3v) is 13.9. The molecule has 3 aromatic carbocycles. The number of hydrogen-bond donors (Lipinski definition) is 3. The summed E-state index contributed by atoms with van der Waals surface area (Å²) in [7, 11) is 0. The van der Waals surface area contributed by atoms with E-state index in [-0.39, 0.29) is 41.7 Å². The molecule has 2 saturated carbocycles. The SMILES string of the molecule is CC(=O)O[C@H]1C(=O)[C@@]2(C)C([C@H](OC(=O)c3ccccc3)[C@]3(OC(C)C)C[C@H](OC(=O)[C@H](O)[C@@H](NC(=O)c4ccccc4)c4ccccc4)C(C)=C1C3(C)C)[C@]1(OC(C)=O)CO[C@@H]1C[C@@H]2O. The lowest BCUT2D eigenvalue weighted by Crippen LogP contribution is -2.82. The molecule has 3 aliphatic carbocycles. The van der Waals surface area contributed by atoms with Crippen molar-refractivity contribution in [3.05, 3.63) is 119 Å². The van der Waals surface area contributed by atoms with E-state index in [4.69, 9.17) is 28.4 Å². The molecule has 11 atom stereocenters. The van der Waals surface area contributed by atoms with Crippen LogP contribution in [-0.4, -0.2) is 106 Å². The van der Waals surface area contributed by atoms with Crippen molar-refractivity contribution in [1.82, 2.24) is 5.32 Å². The minimum absolute atomic E-state index is 0.135. The summed E-state index contributed by atoms with van der Waals surface area (Å²) in [5.41, 5.74) is -5.79. The van der Waals surface area contributed by atoms with Crippen LogP contribution in [0.3, 0.4) is 0 Å². The van der Waals surface area contributed by atoms with Crippen LogP contribution < -0.4 is 5.32 Å². The summed E-state index contributed by atoms with van der Waals surface area (Å²) >= 11 is 0. The first-order chi connectivity index (χ1) is 30.7. The average molecular weight is 896 g/mol. The number of ketones is 1. The van der Waals surface area contributed by atoms with Crippen LogP contribution in [0.25, 0.3) is 0 Å². The van der Waals surface area contributed by atoms with Gasteiger partial charge in [0.2, 0.25) is 0 Å². The van der Waals surface area contributed by atoms with E-state index >= 15 is 4.79 Å². The Morgan fingerprint density at radius 3 is 1.94 bits per heavy atom. The van der Waals surface area contributed by atoms with E-state index < -0.39 is 112 Å². The quantitative estimate of drug-likeness (QED) is 0.122. The number of amides is 1. The lowest BCUT2D eigenvalue weighted by atomic mass is 9.44. The topological polar surface area (TPSA) is 210 Å². The molecule has 3 N–H and O–H groups in total. The summed E-state index contributed by atoms with van der Waals surface area (Å²) in [6.45, 7) is 12.2. The highest BCUT2D eigenvalue weighted by Gasteiger charge is 2.79. The summed E-state index contributed by atoms with van der Waals surface area (Å²) < 4.78 is 38.4. The van der Waals surface area contributed by atoms with Gasteiger partial charge < -0.3 is 44.0 Å². The molecular formula is C50H57NO14. The first-order valence-corrected chi connectivity index (χ1v) is 21.8. The van der Waals surface area contributed by atoms with Gasteiger partial charge >= 0.3 is 23.9 Å². The van der Waals surface area contributed by atoms with Gasteiger partial charge in [-0.25, -0.2) is 9.59 Å². The third kappa shape index (κ3) is 8.17. The Bertz CT molecular complexity index is 2350. The molecule has 15 nitrogen and oxygen atoms in total. The fourth-order valence-electron chi connectivity index (χ4n) is 10.8. The van der Waals surface area contributed by atoms with Crippen LogP contribution in [0.5, 0.6) is 0 Å². The second kappa shape index (κ2) is 17.9. The van der Waals surface area contributed by atoms with Gasteiger partial charge in [0.1, 0.15) is 23.9 Å². The van der Waals surface area contributed by atoms with E-state index in [1.165, 1.54) is 13.8 Å². The van der Waals surface area contributed by atoms with Crippen LogP contribution in [0.4, 0.5) is 0 Å². The Labute approximate surface area is 377 Å². The summed E-state index contributed by atoms with van der Waals surface area (Å²) in [5.74, 6) is -6.38. The van der Waals surface area contributed by atoms with Crippen molar-refractivity contribution in [1.29, 1.82) is 0 Å². The lowest BCUT2D eigenvalue weighted by molar-refractivity contribution is -0.350. The summed E-state index contributed by atoms with van der Waals surface area (Å²) in [6.07, 6.45) is -10.4. The van der Waals surface area contributed by atoms with E-state index in [0.717, 1.165) is 6.92 Å². The molecule has 3 fully saturated rings. The molecule has 4 aliphatic rings. The van der Waals surface area contributed by atoms with Gasteiger partial charge in [-0.05, 0) is 68.7 Å². The molecule has 1 unspecified atom stereocenters. The summed E-state index contributed by atoms with van der Waals surface area (Å²) in [6, 6.07) is 23.4. The molecule has 7 rings (SSSR count). The standard InChI is InChI=1S/C50H57NO14/c1-27(2)64-50-25-34(62-46(59)39(55)38(31-18-12-9-13-19-31)51-44(57)32-20-14-10-15-21-32)28(3)37(47(50,6)7)40(61-29(4)52)42(56)48(8)35(54)24-36-49(26-60-36,65-30(5)53)41(48)43(50)63-45(58)33-22-16-11-17-23-33/h9-23,27,34-36,38-41,43,54-55H,24-26H2,1-8H3,(H,51,57)/t34-,35-,36+,38-,39+,40+,41?,43-,48+,49-,50+/m0/s1. The average Bonchev–Trinajstić information content (AvgIpc) is 3.26. The number of nitrogens with one attached hydrogen (secondary N) is 1. The van der Waals surface area contributed by atoms with E-state index in [1.807, 2.05) is 0 Å². The summed E-state index contributed by atoms with van der Waals surface area (Å²) in [4.78, 5) is 84.9. The second-order valence-electron chi connectivity index (χ2n) is 18.5. The number of carbonyl (C=O) groups excluding carboxylic acids is 6. The molecule has 0 aromatic heterocycles. The number of aliphatic hydroxyl groups is 2. The van der Waals surface area contributed by atoms with E-state index in [9.17, 15) is 34.2 Å². The molecule has 3 aromatic rings. The Hall–Kier alpha value is -5.74. The molecule has 1 aliphatic heterocycles. The Kier molecular flexibility index (Phi) is 13.0. The highest BCUT2D eigenvalue weighted by atomic mass is 16.6. The fourth-order valence-corrected chi connectivity index (χ4v) is 10.8. The number of hydrogen-bond acceptors (Lipinski definition) is 14. The number of ether oxygens (including phenoxy) is 6. The van der Waals surface area contributed by atoms with Crippen molar-refractivity contribution in [2.45, 2.75) is 128 Å². The number of rotatable bonds is 12. The normalized spacial score (nSPS) is 31.0. The third-order valence-electron chi connectivity index (χ3n) is 13.9.